The Bertz CT molecular complexity index is 207. The van der Waals surface area contributed by atoms with Crippen molar-refractivity contribution in [3.8, 4) is 0 Å². The van der Waals surface area contributed by atoms with Crippen molar-refractivity contribution in [2.24, 2.45) is 11.8 Å². The van der Waals surface area contributed by atoms with Crippen LogP contribution >= 0.6 is 0 Å². The number of aliphatic hydroxyl groups excluding tert-OH is 1. The predicted molar refractivity (Wildman–Crippen MR) is 62.8 cm³/mol. The lowest BCUT2D eigenvalue weighted by molar-refractivity contribution is 0.0230. The first kappa shape index (κ1) is 11.4. The Kier molecular flexibility index (Phi) is 3.68. The molecule has 0 aromatic carbocycles. The summed E-state index contributed by atoms with van der Waals surface area (Å²) in [7, 11) is 0. The molecule has 2 aliphatic rings. The summed E-state index contributed by atoms with van der Waals surface area (Å²) in [5.41, 5.74) is 0. The molecule has 1 N–H and O–H groups in total. The number of rotatable bonds is 1. The summed E-state index contributed by atoms with van der Waals surface area (Å²) in [6.45, 7) is 6.90. The van der Waals surface area contributed by atoms with Gasteiger partial charge in [-0.1, -0.05) is 13.8 Å². The Labute approximate surface area is 93.7 Å². The average Bonchev–Trinajstić information content (AvgIpc) is 2.22. The van der Waals surface area contributed by atoms with E-state index >= 15 is 0 Å². The first-order chi connectivity index (χ1) is 7.16. The van der Waals surface area contributed by atoms with Gasteiger partial charge in [-0.25, -0.2) is 0 Å². The van der Waals surface area contributed by atoms with Crippen LogP contribution in [0, 0.1) is 11.8 Å². The molecule has 2 heteroatoms. The van der Waals surface area contributed by atoms with E-state index in [1.54, 1.807) is 0 Å². The predicted octanol–water partition coefficient (Wildman–Crippen LogP) is 2.27. The van der Waals surface area contributed by atoms with Gasteiger partial charge in [-0.05, 0) is 50.5 Å². The maximum Gasteiger partial charge on any atom is 0.0667 e. The standard InChI is InChI=1S/C13H25NO/c1-10-5-6-12(8-11(10)2)14-7-3-4-13(15)9-14/h10-13,15H,3-9H2,1-2H3/t10?,11?,12?,13-/m0/s1. The van der Waals surface area contributed by atoms with E-state index in [0.29, 0.717) is 0 Å². The molecule has 1 aliphatic heterocycles. The molecule has 1 heterocycles. The molecule has 88 valence electrons. The van der Waals surface area contributed by atoms with Gasteiger partial charge in [-0.3, -0.25) is 4.90 Å². The van der Waals surface area contributed by atoms with E-state index < -0.39 is 0 Å². The highest BCUT2D eigenvalue weighted by Crippen LogP contribution is 2.33. The monoisotopic (exact) mass is 211 g/mol. The average molecular weight is 211 g/mol. The largest absolute Gasteiger partial charge is 0.392 e. The Balaban J connectivity index is 1.87. The molecule has 2 rings (SSSR count). The topological polar surface area (TPSA) is 23.5 Å². The molecule has 0 spiro atoms. The fourth-order valence-electron chi connectivity index (χ4n) is 3.17. The summed E-state index contributed by atoms with van der Waals surface area (Å²) in [4.78, 5) is 2.54. The van der Waals surface area contributed by atoms with Crippen molar-refractivity contribution in [2.75, 3.05) is 13.1 Å². The lowest BCUT2D eigenvalue weighted by atomic mass is 9.78. The summed E-state index contributed by atoms with van der Waals surface area (Å²) >= 11 is 0. The normalized spacial score (nSPS) is 44.2. The van der Waals surface area contributed by atoms with Crippen molar-refractivity contribution in [1.29, 1.82) is 0 Å². The van der Waals surface area contributed by atoms with Gasteiger partial charge in [0.15, 0.2) is 0 Å². The van der Waals surface area contributed by atoms with Crippen LogP contribution in [0.5, 0.6) is 0 Å². The second-order valence-corrected chi connectivity index (χ2v) is 5.71. The molecule has 2 fully saturated rings. The molecular weight excluding hydrogens is 186 g/mol. The van der Waals surface area contributed by atoms with Crippen molar-refractivity contribution in [1.82, 2.24) is 4.90 Å². The fraction of sp³-hybridized carbons (Fsp3) is 1.00. The van der Waals surface area contributed by atoms with Crippen molar-refractivity contribution in [2.45, 2.75) is 58.1 Å². The molecular formula is C13H25NO. The summed E-state index contributed by atoms with van der Waals surface area (Å²) < 4.78 is 0. The molecule has 1 saturated carbocycles. The molecule has 0 aromatic heterocycles. The highest BCUT2D eigenvalue weighted by Gasteiger charge is 2.30. The molecule has 2 nitrogen and oxygen atoms in total. The second kappa shape index (κ2) is 4.84. The zero-order valence-electron chi connectivity index (χ0n) is 10.2. The van der Waals surface area contributed by atoms with Gasteiger partial charge in [0.2, 0.25) is 0 Å². The second-order valence-electron chi connectivity index (χ2n) is 5.71. The van der Waals surface area contributed by atoms with E-state index in [0.717, 1.165) is 30.8 Å². The number of aliphatic hydroxyl groups is 1. The third-order valence-corrected chi connectivity index (χ3v) is 4.51. The summed E-state index contributed by atoms with van der Waals surface area (Å²) in [6, 6.07) is 0.756. The zero-order valence-corrected chi connectivity index (χ0v) is 10.2. The van der Waals surface area contributed by atoms with E-state index in [1.165, 1.54) is 32.2 Å². The minimum atomic E-state index is -0.0617. The number of hydrogen-bond donors (Lipinski definition) is 1. The van der Waals surface area contributed by atoms with Gasteiger partial charge >= 0.3 is 0 Å². The summed E-state index contributed by atoms with van der Waals surface area (Å²) in [5, 5.41) is 9.69. The van der Waals surface area contributed by atoms with Crippen LogP contribution in [-0.2, 0) is 0 Å². The van der Waals surface area contributed by atoms with E-state index in [-0.39, 0.29) is 6.10 Å². The van der Waals surface area contributed by atoms with Crippen LogP contribution in [0.2, 0.25) is 0 Å². The van der Waals surface area contributed by atoms with Crippen LogP contribution in [0.4, 0.5) is 0 Å². The van der Waals surface area contributed by atoms with Crippen LogP contribution in [0.25, 0.3) is 0 Å². The molecule has 0 bridgehead atoms. The lowest BCUT2D eigenvalue weighted by Crippen LogP contribution is -2.47. The van der Waals surface area contributed by atoms with Gasteiger partial charge in [0.25, 0.3) is 0 Å². The Morgan fingerprint density at radius 1 is 1.07 bits per heavy atom. The van der Waals surface area contributed by atoms with Crippen molar-refractivity contribution in [3.63, 3.8) is 0 Å². The van der Waals surface area contributed by atoms with Crippen LogP contribution in [0.15, 0.2) is 0 Å². The molecule has 4 atom stereocenters. The van der Waals surface area contributed by atoms with Gasteiger partial charge < -0.3 is 5.11 Å². The fourth-order valence-corrected chi connectivity index (χ4v) is 3.17. The molecule has 1 aliphatic carbocycles. The van der Waals surface area contributed by atoms with Gasteiger partial charge in [-0.15, -0.1) is 0 Å². The van der Waals surface area contributed by atoms with Crippen molar-refractivity contribution < 1.29 is 5.11 Å². The molecule has 0 amide bonds. The summed E-state index contributed by atoms with van der Waals surface area (Å²) in [6.07, 6.45) is 6.19. The first-order valence-electron chi connectivity index (χ1n) is 6.59. The van der Waals surface area contributed by atoms with Gasteiger partial charge in [0, 0.05) is 12.6 Å². The van der Waals surface area contributed by atoms with E-state index in [4.69, 9.17) is 0 Å². The SMILES string of the molecule is CC1CCC(N2CCC[C@H](O)C2)CC1C. The van der Waals surface area contributed by atoms with Crippen molar-refractivity contribution >= 4 is 0 Å². The molecule has 1 saturated heterocycles. The minimum absolute atomic E-state index is 0.0617. The van der Waals surface area contributed by atoms with E-state index in [9.17, 15) is 5.11 Å². The molecule has 15 heavy (non-hydrogen) atoms. The Hall–Kier alpha value is -0.0800. The van der Waals surface area contributed by atoms with Crippen molar-refractivity contribution in [3.05, 3.63) is 0 Å². The molecule has 0 radical (unpaired) electrons. The Morgan fingerprint density at radius 2 is 1.87 bits per heavy atom. The van der Waals surface area contributed by atoms with E-state index in [1.807, 2.05) is 0 Å². The number of nitrogens with zero attached hydrogens (tertiary/aromatic N) is 1. The van der Waals surface area contributed by atoms with Gasteiger partial charge in [0.05, 0.1) is 6.10 Å². The van der Waals surface area contributed by atoms with Crippen LogP contribution in [0.3, 0.4) is 0 Å². The first-order valence-corrected chi connectivity index (χ1v) is 6.59. The minimum Gasteiger partial charge on any atom is -0.392 e. The number of piperidine rings is 1. The molecule has 0 aromatic rings. The highest BCUT2D eigenvalue weighted by atomic mass is 16.3. The summed E-state index contributed by atoms with van der Waals surface area (Å²) in [5.74, 6) is 1.76. The maximum atomic E-state index is 9.69. The number of likely N-dealkylation sites (tertiary alicyclic amines) is 1. The van der Waals surface area contributed by atoms with Gasteiger partial charge in [-0.2, -0.15) is 0 Å². The van der Waals surface area contributed by atoms with Crippen LogP contribution < -0.4 is 0 Å². The van der Waals surface area contributed by atoms with Crippen LogP contribution in [-0.4, -0.2) is 35.2 Å². The third-order valence-electron chi connectivity index (χ3n) is 4.51. The van der Waals surface area contributed by atoms with Gasteiger partial charge in [0.1, 0.15) is 0 Å². The smallest absolute Gasteiger partial charge is 0.0667 e. The number of β-amino-alcohol motifs (C(OH)–C–C–N with tert-alkyl or cyclic N) is 1. The Morgan fingerprint density at radius 3 is 2.53 bits per heavy atom. The zero-order chi connectivity index (χ0) is 10.8. The third kappa shape index (κ3) is 2.73. The molecule has 3 unspecified atom stereocenters. The lowest BCUT2D eigenvalue weighted by Gasteiger charge is -2.42. The highest BCUT2D eigenvalue weighted by molar-refractivity contribution is 4.85. The van der Waals surface area contributed by atoms with Crippen LogP contribution in [0.1, 0.15) is 46.0 Å². The number of hydrogen-bond acceptors (Lipinski definition) is 2. The van der Waals surface area contributed by atoms with E-state index in [2.05, 4.69) is 18.7 Å². The quantitative estimate of drug-likeness (QED) is 0.719. The maximum absolute atomic E-state index is 9.69.